The van der Waals surface area contributed by atoms with Crippen LogP contribution < -0.4 is 5.73 Å². The van der Waals surface area contributed by atoms with Crippen molar-refractivity contribution in [3.63, 3.8) is 0 Å². The smallest absolute Gasteiger partial charge is 0.273 e. The van der Waals surface area contributed by atoms with E-state index in [0.29, 0.717) is 12.2 Å². The number of benzene rings is 1. The van der Waals surface area contributed by atoms with Gasteiger partial charge in [-0.25, -0.2) is 9.97 Å². The van der Waals surface area contributed by atoms with Gasteiger partial charge in [-0.15, -0.1) is 0 Å². The minimum atomic E-state index is -0.0414. The summed E-state index contributed by atoms with van der Waals surface area (Å²) in [5.74, 6) is 0.0432. The average Bonchev–Trinajstić information content (AvgIpc) is 2.69. The van der Waals surface area contributed by atoms with E-state index in [2.05, 4.69) is 16.0 Å². The second-order valence-electron chi connectivity index (χ2n) is 7.37. The highest BCUT2D eigenvalue weighted by Crippen LogP contribution is 2.41. The van der Waals surface area contributed by atoms with Gasteiger partial charge >= 0.3 is 0 Å². The Morgan fingerprint density at radius 3 is 2.85 bits per heavy atom. The predicted octanol–water partition coefficient (Wildman–Crippen LogP) is 2.97. The van der Waals surface area contributed by atoms with Crippen molar-refractivity contribution >= 4 is 17.5 Å². The first-order valence-electron chi connectivity index (χ1n) is 9.19. The molecule has 1 aromatic carbocycles. The monoisotopic (exact) mass is 370 g/mol. The lowest BCUT2D eigenvalue weighted by Crippen LogP contribution is -2.50. The minimum absolute atomic E-state index is 0.0414. The largest absolute Gasteiger partial charge is 0.334 e. The van der Waals surface area contributed by atoms with Gasteiger partial charge in [-0.1, -0.05) is 23.7 Å². The van der Waals surface area contributed by atoms with Crippen LogP contribution in [0.4, 0.5) is 0 Å². The van der Waals surface area contributed by atoms with Crippen molar-refractivity contribution in [1.29, 1.82) is 0 Å². The van der Waals surface area contributed by atoms with E-state index < -0.39 is 0 Å². The molecule has 1 saturated carbocycles. The van der Waals surface area contributed by atoms with Crippen molar-refractivity contribution < 1.29 is 4.79 Å². The van der Waals surface area contributed by atoms with Crippen molar-refractivity contribution in [2.45, 2.75) is 43.6 Å². The Balaban J connectivity index is 1.51. The van der Waals surface area contributed by atoms with Gasteiger partial charge in [0.05, 0.1) is 0 Å². The van der Waals surface area contributed by atoms with Crippen molar-refractivity contribution in [1.82, 2.24) is 14.9 Å². The third-order valence-corrected chi connectivity index (χ3v) is 6.29. The Bertz CT molecular complexity index is 817. The topological polar surface area (TPSA) is 72.1 Å². The summed E-state index contributed by atoms with van der Waals surface area (Å²) in [4.78, 5) is 23.1. The summed E-state index contributed by atoms with van der Waals surface area (Å²) in [7, 11) is 0. The molecule has 1 aliphatic heterocycles. The minimum Gasteiger partial charge on any atom is -0.334 e. The number of halogens is 1. The van der Waals surface area contributed by atoms with Crippen LogP contribution >= 0.6 is 11.6 Å². The fourth-order valence-electron chi connectivity index (χ4n) is 4.46. The van der Waals surface area contributed by atoms with Crippen LogP contribution in [0.2, 0.25) is 5.02 Å². The Kier molecular flexibility index (Phi) is 4.67. The number of rotatable bonds is 3. The third-order valence-electron chi connectivity index (χ3n) is 6.05. The standard InChI is InChI=1S/C20H23ClN4O/c21-16-3-1-2-15(10-16)20(12-22)7-4-17(5-8-20)25-9-6-14-11-23-13-24-18(14)19(25)26/h1-3,10-11,13,17H,4-9,12,22H2/t17-,20+. The highest BCUT2D eigenvalue weighted by molar-refractivity contribution is 6.30. The molecule has 0 spiro atoms. The van der Waals surface area contributed by atoms with Crippen molar-refractivity contribution in [2.75, 3.05) is 13.1 Å². The van der Waals surface area contributed by atoms with E-state index in [-0.39, 0.29) is 17.4 Å². The van der Waals surface area contributed by atoms with Gasteiger partial charge < -0.3 is 10.6 Å². The van der Waals surface area contributed by atoms with Crippen molar-refractivity contribution in [2.24, 2.45) is 5.73 Å². The van der Waals surface area contributed by atoms with Gasteiger partial charge in [0, 0.05) is 41.3 Å². The van der Waals surface area contributed by atoms with Gasteiger partial charge in [0.15, 0.2) is 0 Å². The SMILES string of the molecule is NC[C@]1(c2cccc(Cl)c2)CC[C@@H](N2CCc3cncnc3C2=O)CC1. The second-order valence-corrected chi connectivity index (χ2v) is 7.81. The van der Waals surface area contributed by atoms with Crippen LogP contribution in [0.25, 0.3) is 0 Å². The number of carbonyl (C=O) groups is 1. The zero-order valence-electron chi connectivity index (χ0n) is 14.7. The summed E-state index contributed by atoms with van der Waals surface area (Å²) >= 11 is 6.19. The quantitative estimate of drug-likeness (QED) is 0.901. The summed E-state index contributed by atoms with van der Waals surface area (Å²) in [5.41, 5.74) is 8.89. The van der Waals surface area contributed by atoms with E-state index >= 15 is 0 Å². The molecule has 2 heterocycles. The summed E-state index contributed by atoms with van der Waals surface area (Å²) in [6.45, 7) is 1.35. The van der Waals surface area contributed by atoms with Crippen LogP contribution in [0.3, 0.4) is 0 Å². The molecule has 1 aromatic heterocycles. The first kappa shape index (κ1) is 17.4. The summed E-state index contributed by atoms with van der Waals surface area (Å²) in [5, 5.41) is 0.750. The number of nitrogens with two attached hydrogens (primary N) is 1. The van der Waals surface area contributed by atoms with Crippen LogP contribution in [0.1, 0.15) is 47.3 Å². The molecular weight excluding hydrogens is 348 g/mol. The van der Waals surface area contributed by atoms with Gasteiger partial charge in [-0.2, -0.15) is 0 Å². The van der Waals surface area contributed by atoms with Crippen LogP contribution in [0.15, 0.2) is 36.8 Å². The highest BCUT2D eigenvalue weighted by atomic mass is 35.5. The number of fused-ring (bicyclic) bond motifs is 1. The fourth-order valence-corrected chi connectivity index (χ4v) is 4.65. The molecule has 1 fully saturated rings. The lowest BCUT2D eigenvalue weighted by molar-refractivity contribution is 0.0567. The van der Waals surface area contributed by atoms with E-state index in [4.69, 9.17) is 17.3 Å². The number of hydrogen-bond acceptors (Lipinski definition) is 4. The van der Waals surface area contributed by atoms with E-state index in [1.807, 2.05) is 23.1 Å². The summed E-state index contributed by atoms with van der Waals surface area (Å²) in [6.07, 6.45) is 7.89. The molecule has 6 heteroatoms. The Morgan fingerprint density at radius 1 is 1.31 bits per heavy atom. The van der Waals surface area contributed by atoms with Crippen LogP contribution in [0, 0.1) is 0 Å². The number of amides is 1. The predicted molar refractivity (Wildman–Crippen MR) is 101 cm³/mol. The highest BCUT2D eigenvalue weighted by Gasteiger charge is 2.40. The van der Waals surface area contributed by atoms with E-state index in [9.17, 15) is 4.79 Å². The third kappa shape index (κ3) is 2.99. The van der Waals surface area contributed by atoms with Gasteiger partial charge in [-0.3, -0.25) is 4.79 Å². The number of aromatic nitrogens is 2. The summed E-state index contributed by atoms with van der Waals surface area (Å²) in [6, 6.07) is 8.30. The molecule has 4 rings (SSSR count). The molecule has 1 aliphatic carbocycles. The maximum Gasteiger partial charge on any atom is 0.273 e. The molecule has 2 aliphatic rings. The average molecular weight is 371 g/mol. The molecule has 5 nitrogen and oxygen atoms in total. The first-order valence-corrected chi connectivity index (χ1v) is 9.57. The van der Waals surface area contributed by atoms with Gasteiger partial charge in [-0.05, 0) is 49.8 Å². The molecule has 0 unspecified atom stereocenters. The lowest BCUT2D eigenvalue weighted by atomic mass is 9.68. The fraction of sp³-hybridized carbons (Fsp3) is 0.450. The van der Waals surface area contributed by atoms with Gasteiger partial charge in [0.1, 0.15) is 12.0 Å². The molecular formula is C20H23ClN4O. The normalized spacial score (nSPS) is 25.8. The first-order chi connectivity index (χ1) is 12.6. The molecule has 26 heavy (non-hydrogen) atoms. The van der Waals surface area contributed by atoms with Gasteiger partial charge in [0.2, 0.25) is 0 Å². The Hall–Kier alpha value is -1.98. The zero-order valence-corrected chi connectivity index (χ0v) is 15.5. The maximum atomic E-state index is 12.9. The zero-order chi connectivity index (χ0) is 18.1. The van der Waals surface area contributed by atoms with Crippen molar-refractivity contribution in [3.05, 3.63) is 58.6 Å². The van der Waals surface area contributed by atoms with Crippen molar-refractivity contribution in [3.8, 4) is 0 Å². The summed E-state index contributed by atoms with van der Waals surface area (Å²) < 4.78 is 0. The molecule has 0 atom stereocenters. The molecule has 0 bridgehead atoms. The Labute approximate surface area is 158 Å². The Morgan fingerprint density at radius 2 is 2.12 bits per heavy atom. The number of nitrogens with zero attached hydrogens (tertiary/aromatic N) is 3. The van der Waals surface area contributed by atoms with Gasteiger partial charge in [0.25, 0.3) is 5.91 Å². The van der Waals surface area contributed by atoms with E-state index in [0.717, 1.165) is 49.2 Å². The molecule has 0 saturated heterocycles. The van der Waals surface area contributed by atoms with Crippen LogP contribution in [-0.2, 0) is 11.8 Å². The van der Waals surface area contributed by atoms with Crippen LogP contribution in [-0.4, -0.2) is 39.9 Å². The lowest BCUT2D eigenvalue weighted by Gasteiger charge is -2.44. The van der Waals surface area contributed by atoms with Crippen LogP contribution in [0.5, 0.6) is 0 Å². The number of carbonyl (C=O) groups excluding carboxylic acids is 1. The molecule has 2 N–H and O–H groups in total. The molecule has 0 radical (unpaired) electrons. The number of hydrogen-bond donors (Lipinski definition) is 1. The maximum absolute atomic E-state index is 12.9. The van der Waals surface area contributed by atoms with E-state index in [1.165, 1.54) is 11.9 Å². The molecule has 1 amide bonds. The molecule has 2 aromatic rings. The van der Waals surface area contributed by atoms with E-state index in [1.54, 1.807) is 6.20 Å². The second kappa shape index (κ2) is 6.97. The molecule has 136 valence electrons.